The lowest BCUT2D eigenvalue weighted by molar-refractivity contribution is 0.0533. The SMILES string of the molecule is CC(C)C1OCCC1CNC(=O)c1ccn[nH]1. The van der Waals surface area contributed by atoms with Gasteiger partial charge >= 0.3 is 0 Å². The van der Waals surface area contributed by atoms with E-state index in [0.717, 1.165) is 13.0 Å². The van der Waals surface area contributed by atoms with Gasteiger partial charge in [0, 0.05) is 25.3 Å². The van der Waals surface area contributed by atoms with Gasteiger partial charge in [0.15, 0.2) is 0 Å². The fourth-order valence-electron chi connectivity index (χ4n) is 2.31. The monoisotopic (exact) mass is 237 g/mol. The number of carbonyl (C=O) groups excluding carboxylic acids is 1. The van der Waals surface area contributed by atoms with Crippen molar-refractivity contribution < 1.29 is 9.53 Å². The zero-order valence-corrected chi connectivity index (χ0v) is 10.3. The molecule has 17 heavy (non-hydrogen) atoms. The number of aromatic nitrogens is 2. The summed E-state index contributed by atoms with van der Waals surface area (Å²) >= 11 is 0. The van der Waals surface area contributed by atoms with Gasteiger partial charge in [0.25, 0.3) is 5.91 Å². The molecule has 1 aromatic heterocycles. The molecule has 2 N–H and O–H groups in total. The second-order valence-corrected chi connectivity index (χ2v) is 4.81. The van der Waals surface area contributed by atoms with Crippen LogP contribution in [0, 0.1) is 11.8 Å². The molecule has 1 fully saturated rings. The lowest BCUT2D eigenvalue weighted by Gasteiger charge is -2.22. The minimum atomic E-state index is -0.100. The third-order valence-electron chi connectivity index (χ3n) is 3.19. The summed E-state index contributed by atoms with van der Waals surface area (Å²) < 4.78 is 5.68. The number of nitrogens with zero attached hydrogens (tertiary/aromatic N) is 1. The zero-order valence-electron chi connectivity index (χ0n) is 10.3. The predicted molar refractivity (Wildman–Crippen MR) is 63.6 cm³/mol. The largest absolute Gasteiger partial charge is 0.378 e. The molecule has 0 saturated carbocycles. The van der Waals surface area contributed by atoms with E-state index >= 15 is 0 Å². The van der Waals surface area contributed by atoms with Crippen LogP contribution < -0.4 is 5.32 Å². The third-order valence-corrected chi connectivity index (χ3v) is 3.19. The molecule has 1 aliphatic heterocycles. The molecule has 94 valence electrons. The highest BCUT2D eigenvalue weighted by molar-refractivity contribution is 5.92. The molecule has 1 aliphatic rings. The predicted octanol–water partition coefficient (Wildman–Crippen LogP) is 1.20. The fourth-order valence-corrected chi connectivity index (χ4v) is 2.31. The minimum Gasteiger partial charge on any atom is -0.378 e. The molecule has 0 aliphatic carbocycles. The Balaban J connectivity index is 1.84. The van der Waals surface area contributed by atoms with Crippen molar-refractivity contribution in [3.63, 3.8) is 0 Å². The maximum absolute atomic E-state index is 11.7. The van der Waals surface area contributed by atoms with Crippen LogP contribution in [0.5, 0.6) is 0 Å². The lowest BCUT2D eigenvalue weighted by atomic mass is 9.93. The van der Waals surface area contributed by atoms with Gasteiger partial charge in [0.05, 0.1) is 6.10 Å². The molecule has 5 nitrogen and oxygen atoms in total. The first-order valence-electron chi connectivity index (χ1n) is 6.07. The summed E-state index contributed by atoms with van der Waals surface area (Å²) in [5.41, 5.74) is 0.505. The molecular formula is C12H19N3O2. The van der Waals surface area contributed by atoms with Crippen molar-refractivity contribution in [1.82, 2.24) is 15.5 Å². The highest BCUT2D eigenvalue weighted by Crippen LogP contribution is 2.26. The Hall–Kier alpha value is -1.36. The van der Waals surface area contributed by atoms with E-state index in [0.29, 0.717) is 24.1 Å². The molecular weight excluding hydrogens is 218 g/mol. The van der Waals surface area contributed by atoms with Gasteiger partial charge < -0.3 is 10.1 Å². The van der Waals surface area contributed by atoms with Crippen molar-refractivity contribution in [2.75, 3.05) is 13.2 Å². The third kappa shape index (κ3) is 2.85. The maximum Gasteiger partial charge on any atom is 0.269 e. The Bertz CT molecular complexity index is 362. The van der Waals surface area contributed by atoms with E-state index < -0.39 is 0 Å². The topological polar surface area (TPSA) is 67.0 Å². The molecule has 0 aromatic carbocycles. The highest BCUT2D eigenvalue weighted by atomic mass is 16.5. The second-order valence-electron chi connectivity index (χ2n) is 4.81. The van der Waals surface area contributed by atoms with Gasteiger partial charge in [0.2, 0.25) is 0 Å². The summed E-state index contributed by atoms with van der Waals surface area (Å²) in [6.45, 7) is 5.77. The van der Waals surface area contributed by atoms with Crippen molar-refractivity contribution in [3.8, 4) is 0 Å². The smallest absolute Gasteiger partial charge is 0.269 e. The molecule has 1 aromatic rings. The van der Waals surface area contributed by atoms with Gasteiger partial charge in [0.1, 0.15) is 5.69 Å². The van der Waals surface area contributed by atoms with Crippen LogP contribution in [-0.2, 0) is 4.74 Å². The quantitative estimate of drug-likeness (QED) is 0.827. The van der Waals surface area contributed by atoms with Crippen molar-refractivity contribution in [2.45, 2.75) is 26.4 Å². The molecule has 1 amide bonds. The Morgan fingerprint density at radius 1 is 1.71 bits per heavy atom. The van der Waals surface area contributed by atoms with Crippen LogP contribution in [0.15, 0.2) is 12.3 Å². The lowest BCUT2D eigenvalue weighted by Crippen LogP contribution is -2.35. The van der Waals surface area contributed by atoms with Crippen LogP contribution in [0.4, 0.5) is 0 Å². The average molecular weight is 237 g/mol. The normalized spacial score (nSPS) is 24.2. The van der Waals surface area contributed by atoms with E-state index in [9.17, 15) is 4.79 Å². The summed E-state index contributed by atoms with van der Waals surface area (Å²) in [6, 6.07) is 1.67. The number of aromatic amines is 1. The molecule has 2 heterocycles. The van der Waals surface area contributed by atoms with Crippen LogP contribution in [0.2, 0.25) is 0 Å². The van der Waals surface area contributed by atoms with Crippen LogP contribution >= 0.6 is 0 Å². The van der Waals surface area contributed by atoms with Gasteiger partial charge in [-0.15, -0.1) is 0 Å². The number of H-pyrrole nitrogens is 1. The highest BCUT2D eigenvalue weighted by Gasteiger charge is 2.30. The first-order valence-corrected chi connectivity index (χ1v) is 6.07. The molecule has 1 saturated heterocycles. The van der Waals surface area contributed by atoms with Crippen molar-refractivity contribution in [2.24, 2.45) is 11.8 Å². The number of nitrogens with one attached hydrogen (secondary N) is 2. The van der Waals surface area contributed by atoms with E-state index in [1.807, 2.05) is 0 Å². The number of hydrogen-bond acceptors (Lipinski definition) is 3. The molecule has 2 atom stereocenters. The zero-order chi connectivity index (χ0) is 12.3. The number of hydrogen-bond donors (Lipinski definition) is 2. The first-order chi connectivity index (χ1) is 8.18. The van der Waals surface area contributed by atoms with E-state index in [-0.39, 0.29) is 12.0 Å². The van der Waals surface area contributed by atoms with E-state index in [4.69, 9.17) is 4.74 Å². The molecule has 2 rings (SSSR count). The Kier molecular flexibility index (Phi) is 3.78. The van der Waals surface area contributed by atoms with Crippen LogP contribution in [0.3, 0.4) is 0 Å². The van der Waals surface area contributed by atoms with E-state index in [1.165, 1.54) is 0 Å². The average Bonchev–Trinajstić information content (AvgIpc) is 2.96. The Labute approximate surface area is 101 Å². The van der Waals surface area contributed by atoms with Gasteiger partial charge in [-0.05, 0) is 18.4 Å². The molecule has 0 spiro atoms. The van der Waals surface area contributed by atoms with Crippen molar-refractivity contribution >= 4 is 5.91 Å². The van der Waals surface area contributed by atoms with Gasteiger partial charge in [-0.3, -0.25) is 9.89 Å². The van der Waals surface area contributed by atoms with Crippen LogP contribution in [0.25, 0.3) is 0 Å². The second kappa shape index (κ2) is 5.31. The van der Waals surface area contributed by atoms with E-state index in [2.05, 4.69) is 29.4 Å². The summed E-state index contributed by atoms with van der Waals surface area (Å²) in [6.07, 6.45) is 2.86. The summed E-state index contributed by atoms with van der Waals surface area (Å²) in [5, 5.41) is 9.33. The first kappa shape index (κ1) is 12.1. The van der Waals surface area contributed by atoms with Crippen LogP contribution in [0.1, 0.15) is 30.8 Å². The standard InChI is InChI=1S/C12H19N3O2/c1-8(2)11-9(4-6-17-11)7-13-12(16)10-3-5-14-15-10/h3,5,8-9,11H,4,6-7H2,1-2H3,(H,13,16)(H,14,15). The number of carbonyl (C=O) groups is 1. The molecule has 2 unspecified atom stereocenters. The Morgan fingerprint density at radius 3 is 3.18 bits per heavy atom. The molecule has 0 radical (unpaired) electrons. The van der Waals surface area contributed by atoms with Gasteiger partial charge in [-0.25, -0.2) is 0 Å². The van der Waals surface area contributed by atoms with Crippen molar-refractivity contribution in [1.29, 1.82) is 0 Å². The summed E-state index contributed by atoms with van der Waals surface area (Å²) in [7, 11) is 0. The van der Waals surface area contributed by atoms with Crippen molar-refractivity contribution in [3.05, 3.63) is 18.0 Å². The number of amides is 1. The van der Waals surface area contributed by atoms with Gasteiger partial charge in [-0.2, -0.15) is 5.10 Å². The van der Waals surface area contributed by atoms with E-state index in [1.54, 1.807) is 12.3 Å². The maximum atomic E-state index is 11.7. The van der Waals surface area contributed by atoms with Crippen LogP contribution in [-0.4, -0.2) is 35.4 Å². The summed E-state index contributed by atoms with van der Waals surface area (Å²) in [5.74, 6) is 0.810. The number of ether oxygens (including phenoxy) is 1. The summed E-state index contributed by atoms with van der Waals surface area (Å²) in [4.78, 5) is 11.7. The number of rotatable bonds is 4. The Morgan fingerprint density at radius 2 is 2.53 bits per heavy atom. The van der Waals surface area contributed by atoms with Gasteiger partial charge in [-0.1, -0.05) is 13.8 Å². The molecule has 0 bridgehead atoms. The fraction of sp³-hybridized carbons (Fsp3) is 0.667. The molecule has 5 heteroatoms. The minimum absolute atomic E-state index is 0.100.